The van der Waals surface area contributed by atoms with E-state index in [0.717, 1.165) is 57.6 Å². The van der Waals surface area contributed by atoms with Crippen LogP contribution < -0.4 is 0 Å². The molecule has 0 amide bonds. The number of carboxylic acid groups (broad SMARTS) is 1. The number of carboxylic acids is 1. The van der Waals surface area contributed by atoms with Gasteiger partial charge in [0.25, 0.3) is 0 Å². The summed E-state index contributed by atoms with van der Waals surface area (Å²) in [5.41, 5.74) is 0. The molecule has 0 aromatic heterocycles. The van der Waals surface area contributed by atoms with Crippen LogP contribution in [0.1, 0.15) is 58.3 Å². The van der Waals surface area contributed by atoms with Crippen LogP contribution in [0.5, 0.6) is 0 Å². The maximum atomic E-state index is 12.8. The van der Waals surface area contributed by atoms with Gasteiger partial charge in [0.05, 0.1) is 45.6 Å². The molecule has 0 bridgehead atoms. The fourth-order valence-corrected chi connectivity index (χ4v) is 6.61. The second kappa shape index (κ2) is 21.4. The van der Waals surface area contributed by atoms with E-state index in [9.17, 15) is 14.7 Å². The lowest BCUT2D eigenvalue weighted by Gasteiger charge is -2.32. The van der Waals surface area contributed by atoms with Crippen LogP contribution in [0.4, 0.5) is 0 Å². The van der Waals surface area contributed by atoms with Gasteiger partial charge in [0, 0.05) is 65.4 Å². The Bertz CT molecular complexity index is 796. The van der Waals surface area contributed by atoms with Crippen LogP contribution in [-0.2, 0) is 23.8 Å². The average molecular weight is 609 g/mol. The molecular formula is C33H60N4O6. The SMILES string of the molecule is CCN1CCN(C)CCN(CC(=O)CCCOCCOCCOC2CC3CC/C=C/CC[C@@H]3C2)CCN(CC(=O)O)CC1. The maximum absolute atomic E-state index is 12.8. The van der Waals surface area contributed by atoms with Crippen LogP contribution >= 0.6 is 0 Å². The Balaban J connectivity index is 1.23. The maximum Gasteiger partial charge on any atom is 0.317 e. The van der Waals surface area contributed by atoms with E-state index < -0.39 is 5.97 Å². The number of likely N-dealkylation sites (N-methyl/N-ethyl adjacent to an activating group) is 2. The first-order chi connectivity index (χ1) is 20.9. The molecule has 10 heteroatoms. The van der Waals surface area contributed by atoms with Gasteiger partial charge in [0.2, 0.25) is 0 Å². The Labute approximate surface area is 260 Å². The summed E-state index contributed by atoms with van der Waals surface area (Å²) >= 11 is 0. The lowest BCUT2D eigenvalue weighted by Crippen LogP contribution is -2.47. The molecule has 0 aromatic carbocycles. The zero-order valence-electron chi connectivity index (χ0n) is 27.1. The van der Waals surface area contributed by atoms with Gasteiger partial charge in [-0.05, 0) is 70.4 Å². The first kappa shape index (κ1) is 36.1. The van der Waals surface area contributed by atoms with Crippen molar-refractivity contribution in [1.29, 1.82) is 0 Å². The Morgan fingerprint density at radius 1 is 0.744 bits per heavy atom. The van der Waals surface area contributed by atoms with Gasteiger partial charge in [-0.25, -0.2) is 0 Å². The zero-order chi connectivity index (χ0) is 30.7. The number of rotatable bonds is 16. The third kappa shape index (κ3) is 15.4. The van der Waals surface area contributed by atoms with E-state index in [0.29, 0.717) is 71.6 Å². The number of Topliss-reactive ketones (excluding diaryl/α,β-unsaturated/α-hetero) is 1. The van der Waals surface area contributed by atoms with Crippen molar-refractivity contribution in [3.05, 3.63) is 12.2 Å². The second-order valence-electron chi connectivity index (χ2n) is 12.7. The summed E-state index contributed by atoms with van der Waals surface area (Å²) < 4.78 is 17.5. The number of aliphatic carboxylic acids is 1. The quantitative estimate of drug-likeness (QED) is 0.208. The van der Waals surface area contributed by atoms with E-state index in [2.05, 4.69) is 40.8 Å². The molecule has 248 valence electrons. The number of ketones is 1. The fraction of sp³-hybridized carbons (Fsp3) is 0.879. The Morgan fingerprint density at radius 3 is 1.91 bits per heavy atom. The van der Waals surface area contributed by atoms with Crippen molar-refractivity contribution < 1.29 is 28.9 Å². The molecule has 2 aliphatic carbocycles. The first-order valence-corrected chi connectivity index (χ1v) is 16.9. The molecule has 0 radical (unpaired) electrons. The average Bonchev–Trinajstić information content (AvgIpc) is 3.34. The van der Waals surface area contributed by atoms with Gasteiger partial charge in [0.1, 0.15) is 5.78 Å². The minimum atomic E-state index is -0.804. The Morgan fingerprint density at radius 2 is 1.28 bits per heavy atom. The van der Waals surface area contributed by atoms with Gasteiger partial charge in [-0.3, -0.25) is 19.4 Å². The third-order valence-electron chi connectivity index (χ3n) is 9.34. The highest BCUT2D eigenvalue weighted by atomic mass is 16.5. The van der Waals surface area contributed by atoms with Gasteiger partial charge in [-0.1, -0.05) is 19.1 Å². The number of hydrogen-bond donors (Lipinski definition) is 1. The third-order valence-corrected chi connectivity index (χ3v) is 9.34. The monoisotopic (exact) mass is 608 g/mol. The molecule has 3 atom stereocenters. The van der Waals surface area contributed by atoms with E-state index in [4.69, 9.17) is 14.2 Å². The molecule has 1 heterocycles. The molecule has 3 rings (SSSR count). The van der Waals surface area contributed by atoms with Gasteiger partial charge < -0.3 is 29.1 Å². The summed E-state index contributed by atoms with van der Waals surface area (Å²) in [6, 6.07) is 0. The van der Waals surface area contributed by atoms with Crippen molar-refractivity contribution in [2.24, 2.45) is 11.8 Å². The highest BCUT2D eigenvalue weighted by Crippen LogP contribution is 2.40. The largest absolute Gasteiger partial charge is 0.480 e. The van der Waals surface area contributed by atoms with E-state index >= 15 is 0 Å². The topological polar surface area (TPSA) is 95.0 Å². The zero-order valence-corrected chi connectivity index (χ0v) is 27.1. The van der Waals surface area contributed by atoms with Gasteiger partial charge in [-0.2, -0.15) is 0 Å². The Hall–Kier alpha value is -1.40. The van der Waals surface area contributed by atoms with Crippen LogP contribution in [0.25, 0.3) is 0 Å². The molecule has 1 N–H and O–H groups in total. The minimum absolute atomic E-state index is 0.0345. The number of allylic oxidation sites excluding steroid dienone is 2. The molecule has 1 saturated heterocycles. The number of ether oxygens (including phenoxy) is 3. The fourth-order valence-electron chi connectivity index (χ4n) is 6.61. The van der Waals surface area contributed by atoms with Crippen molar-refractivity contribution >= 4 is 11.8 Å². The molecule has 43 heavy (non-hydrogen) atoms. The van der Waals surface area contributed by atoms with Crippen LogP contribution in [-0.4, -0.2) is 155 Å². The Kier molecular flexibility index (Phi) is 17.9. The van der Waals surface area contributed by atoms with Gasteiger partial charge in [-0.15, -0.1) is 0 Å². The lowest BCUT2D eigenvalue weighted by molar-refractivity contribution is -0.138. The smallest absolute Gasteiger partial charge is 0.317 e. The van der Waals surface area contributed by atoms with Crippen molar-refractivity contribution in [3.63, 3.8) is 0 Å². The van der Waals surface area contributed by atoms with Crippen LogP contribution in [0.3, 0.4) is 0 Å². The molecule has 1 saturated carbocycles. The van der Waals surface area contributed by atoms with Crippen LogP contribution in [0, 0.1) is 11.8 Å². The summed E-state index contributed by atoms with van der Waals surface area (Å²) in [7, 11) is 2.13. The molecular weight excluding hydrogens is 548 g/mol. The summed E-state index contributed by atoms with van der Waals surface area (Å²) in [6.07, 6.45) is 13.7. The first-order valence-electron chi connectivity index (χ1n) is 16.9. The molecule has 3 aliphatic rings. The predicted octanol–water partition coefficient (Wildman–Crippen LogP) is 2.87. The van der Waals surface area contributed by atoms with E-state index in [1.54, 1.807) is 0 Å². The summed E-state index contributed by atoms with van der Waals surface area (Å²) in [4.78, 5) is 33.1. The second-order valence-corrected chi connectivity index (χ2v) is 12.7. The molecule has 0 aromatic rings. The van der Waals surface area contributed by atoms with Gasteiger partial charge >= 0.3 is 5.97 Å². The van der Waals surface area contributed by atoms with Crippen LogP contribution in [0.15, 0.2) is 12.2 Å². The number of hydrogen-bond acceptors (Lipinski definition) is 9. The van der Waals surface area contributed by atoms with Crippen molar-refractivity contribution in [2.75, 3.05) is 112 Å². The van der Waals surface area contributed by atoms with Crippen LogP contribution in [0.2, 0.25) is 0 Å². The highest BCUT2D eigenvalue weighted by molar-refractivity contribution is 5.80. The summed E-state index contributed by atoms with van der Waals surface area (Å²) in [5.74, 6) is 1.07. The summed E-state index contributed by atoms with van der Waals surface area (Å²) in [6.45, 7) is 12.9. The normalized spacial score (nSPS) is 26.6. The number of carbonyl (C=O) groups is 2. The molecule has 1 aliphatic heterocycles. The highest BCUT2D eigenvalue weighted by Gasteiger charge is 2.34. The van der Waals surface area contributed by atoms with Crippen molar-refractivity contribution in [1.82, 2.24) is 19.6 Å². The molecule has 2 unspecified atom stereocenters. The number of carbonyl (C=O) groups excluding carboxylic acids is 1. The van der Waals surface area contributed by atoms with E-state index in [1.807, 2.05) is 4.90 Å². The summed E-state index contributed by atoms with van der Waals surface area (Å²) in [5, 5.41) is 9.37. The van der Waals surface area contributed by atoms with E-state index in [1.165, 1.54) is 38.5 Å². The molecule has 2 fully saturated rings. The predicted molar refractivity (Wildman–Crippen MR) is 170 cm³/mol. The van der Waals surface area contributed by atoms with Gasteiger partial charge in [0.15, 0.2) is 0 Å². The molecule has 0 spiro atoms. The standard InChI is InChI=1S/C33H60N4O6/c1-3-35-14-12-34(2)13-15-36(18-19-37(17-16-35)28-33(39)40)27-31(38)11-8-20-41-21-22-42-23-24-43-32-25-29-9-6-4-5-7-10-30(29)26-32/h4-5,29-30,32H,3,6-28H2,1-2H3,(H,39,40)/b5-4+/t29-,30?,32?/m1/s1. The number of nitrogens with zero attached hydrogens (tertiary/aromatic N) is 4. The lowest BCUT2D eigenvalue weighted by atomic mass is 9.86. The molecule has 10 nitrogen and oxygen atoms in total. The van der Waals surface area contributed by atoms with Crippen molar-refractivity contribution in [2.45, 2.75) is 64.4 Å². The van der Waals surface area contributed by atoms with Crippen molar-refractivity contribution in [3.8, 4) is 0 Å². The number of fused-ring (bicyclic) bond motifs is 1. The minimum Gasteiger partial charge on any atom is -0.480 e. The van der Waals surface area contributed by atoms with E-state index in [-0.39, 0.29) is 12.3 Å².